The molecule has 1 heterocycles. The monoisotopic (exact) mass is 429 g/mol. The Hall–Kier alpha value is -2.99. The first-order valence-corrected chi connectivity index (χ1v) is 11.1. The van der Waals surface area contributed by atoms with Crippen LogP contribution in [0.4, 0.5) is 15.8 Å². The SMILES string of the molecule is CS(=O)(=O)Nc1ccc(F)cc1Cc1ccc(N2C=C(O)NS2(=O)=O)c(O)c1. The number of rotatable bonds is 5. The highest BCUT2D eigenvalue weighted by Gasteiger charge is 2.30. The predicted molar refractivity (Wildman–Crippen MR) is 101 cm³/mol. The second-order valence-electron chi connectivity index (χ2n) is 6.09. The van der Waals surface area contributed by atoms with Crippen molar-refractivity contribution in [3.8, 4) is 5.75 Å². The number of aromatic hydroxyl groups is 1. The van der Waals surface area contributed by atoms with Crippen LogP contribution in [0.3, 0.4) is 0 Å². The number of phenolic OH excluding ortho intramolecular Hbond substituents is 1. The normalized spacial score (nSPS) is 15.8. The molecule has 1 aliphatic rings. The number of benzene rings is 2. The van der Waals surface area contributed by atoms with Crippen molar-refractivity contribution >= 4 is 31.6 Å². The largest absolute Gasteiger partial charge is 0.506 e. The van der Waals surface area contributed by atoms with E-state index in [0.717, 1.165) is 24.6 Å². The molecule has 1 aliphatic heterocycles. The minimum absolute atomic E-state index is 0.0650. The number of nitrogens with one attached hydrogen (secondary N) is 2. The second-order valence-corrected chi connectivity index (χ2v) is 9.39. The number of nitrogens with zero attached hydrogens (tertiary/aromatic N) is 1. The quantitative estimate of drug-likeness (QED) is 0.569. The van der Waals surface area contributed by atoms with Crippen molar-refractivity contribution in [2.24, 2.45) is 0 Å². The lowest BCUT2D eigenvalue weighted by Crippen LogP contribution is -2.29. The van der Waals surface area contributed by atoms with Crippen LogP contribution in [0.2, 0.25) is 0 Å². The van der Waals surface area contributed by atoms with Crippen LogP contribution in [-0.2, 0) is 26.7 Å². The van der Waals surface area contributed by atoms with Crippen LogP contribution in [0.1, 0.15) is 11.1 Å². The fourth-order valence-electron chi connectivity index (χ4n) is 2.68. The first-order chi connectivity index (χ1) is 12.9. The average molecular weight is 429 g/mol. The van der Waals surface area contributed by atoms with Crippen LogP contribution >= 0.6 is 0 Å². The van der Waals surface area contributed by atoms with Crippen molar-refractivity contribution in [2.75, 3.05) is 15.3 Å². The van der Waals surface area contributed by atoms with E-state index >= 15 is 0 Å². The van der Waals surface area contributed by atoms with E-state index < -0.39 is 37.7 Å². The first-order valence-electron chi connectivity index (χ1n) is 7.76. The lowest BCUT2D eigenvalue weighted by atomic mass is 10.0. The third-order valence-electron chi connectivity index (χ3n) is 3.77. The maximum atomic E-state index is 13.6. The lowest BCUT2D eigenvalue weighted by molar-refractivity contribution is 0.392. The van der Waals surface area contributed by atoms with Gasteiger partial charge in [0.1, 0.15) is 17.3 Å². The number of phenols is 1. The maximum absolute atomic E-state index is 13.6. The van der Waals surface area contributed by atoms with E-state index in [1.165, 1.54) is 24.3 Å². The minimum atomic E-state index is -4.06. The summed E-state index contributed by atoms with van der Waals surface area (Å²) < 4.78 is 65.2. The highest BCUT2D eigenvalue weighted by molar-refractivity contribution is 7.92. The molecule has 3 rings (SSSR count). The number of sulfonamides is 1. The molecule has 0 spiro atoms. The van der Waals surface area contributed by atoms with Crippen LogP contribution in [0.5, 0.6) is 5.75 Å². The van der Waals surface area contributed by atoms with Gasteiger partial charge in [-0.3, -0.25) is 4.72 Å². The van der Waals surface area contributed by atoms with Gasteiger partial charge in [-0.15, -0.1) is 0 Å². The summed E-state index contributed by atoms with van der Waals surface area (Å²) in [5.41, 5.74) is 0.882. The van der Waals surface area contributed by atoms with Gasteiger partial charge in [-0.25, -0.2) is 21.8 Å². The van der Waals surface area contributed by atoms with Crippen molar-refractivity contribution < 1.29 is 31.4 Å². The first kappa shape index (κ1) is 19.8. The zero-order valence-corrected chi connectivity index (χ0v) is 16.1. The van der Waals surface area contributed by atoms with Crippen molar-refractivity contribution in [2.45, 2.75) is 6.42 Å². The number of hydrogen-bond acceptors (Lipinski definition) is 6. The Morgan fingerprint density at radius 2 is 1.89 bits per heavy atom. The summed E-state index contributed by atoms with van der Waals surface area (Å²) in [5.74, 6) is -1.56. The molecule has 4 N–H and O–H groups in total. The molecular weight excluding hydrogens is 413 g/mol. The average Bonchev–Trinajstić information content (AvgIpc) is 2.81. The maximum Gasteiger partial charge on any atom is 0.330 e. The molecule has 0 amide bonds. The van der Waals surface area contributed by atoms with Gasteiger partial charge in [0, 0.05) is 0 Å². The lowest BCUT2D eigenvalue weighted by Gasteiger charge is -2.16. The Kier molecular flexibility index (Phi) is 4.85. The number of hydrogen-bond donors (Lipinski definition) is 4. The number of anilines is 2. The molecule has 0 unspecified atom stereocenters. The Balaban J connectivity index is 1.93. The van der Waals surface area contributed by atoms with Gasteiger partial charge >= 0.3 is 10.2 Å². The molecule has 9 nitrogen and oxygen atoms in total. The van der Waals surface area contributed by atoms with Crippen molar-refractivity contribution in [3.05, 3.63) is 65.4 Å². The number of aliphatic hydroxyl groups excluding tert-OH is 1. The van der Waals surface area contributed by atoms with Gasteiger partial charge in [0.05, 0.1) is 18.1 Å². The molecule has 0 atom stereocenters. The van der Waals surface area contributed by atoms with Crippen LogP contribution in [0.15, 0.2) is 48.5 Å². The van der Waals surface area contributed by atoms with Gasteiger partial charge in [0.15, 0.2) is 0 Å². The summed E-state index contributed by atoms with van der Waals surface area (Å²) in [6, 6.07) is 7.62. The van der Waals surface area contributed by atoms with E-state index in [9.17, 15) is 31.4 Å². The van der Waals surface area contributed by atoms with Crippen molar-refractivity contribution in [1.82, 2.24) is 4.72 Å². The van der Waals surface area contributed by atoms with Crippen LogP contribution in [0.25, 0.3) is 0 Å². The molecule has 2 aromatic rings. The minimum Gasteiger partial charge on any atom is -0.506 e. The van der Waals surface area contributed by atoms with Gasteiger partial charge in [0.25, 0.3) is 0 Å². The molecule has 2 aromatic carbocycles. The molecule has 12 heteroatoms. The third-order valence-corrected chi connectivity index (χ3v) is 5.64. The Bertz CT molecular complexity index is 1180. The highest BCUT2D eigenvalue weighted by atomic mass is 32.2. The van der Waals surface area contributed by atoms with E-state index in [2.05, 4.69) is 4.72 Å². The topological polar surface area (TPSA) is 136 Å². The van der Waals surface area contributed by atoms with E-state index in [-0.39, 0.29) is 17.8 Å². The standard InChI is InChI=1S/C16H16FN3O6S2/c1-27(23,24)18-13-4-3-12(17)8-11(13)6-10-2-5-14(15(21)7-10)20-9-16(22)19-28(20,25)26/h2-5,7-9,18-19,21-22H,6H2,1H3. The second kappa shape index (κ2) is 6.87. The summed E-state index contributed by atoms with van der Waals surface area (Å²) in [7, 11) is -7.64. The zero-order valence-electron chi connectivity index (χ0n) is 14.4. The van der Waals surface area contributed by atoms with Gasteiger partial charge in [-0.2, -0.15) is 8.42 Å². The van der Waals surface area contributed by atoms with Crippen LogP contribution in [-0.4, -0.2) is 33.3 Å². The Morgan fingerprint density at radius 1 is 1.18 bits per heavy atom. The van der Waals surface area contributed by atoms with Crippen molar-refractivity contribution in [3.63, 3.8) is 0 Å². The number of halogens is 1. The van der Waals surface area contributed by atoms with Gasteiger partial charge in [-0.1, -0.05) is 6.07 Å². The Morgan fingerprint density at radius 3 is 2.46 bits per heavy atom. The molecule has 0 radical (unpaired) electrons. The van der Waals surface area contributed by atoms with Crippen LogP contribution in [0, 0.1) is 5.82 Å². The molecule has 0 fully saturated rings. The predicted octanol–water partition coefficient (Wildman–Crippen LogP) is 1.50. The van der Waals surface area contributed by atoms with Crippen molar-refractivity contribution in [1.29, 1.82) is 0 Å². The molecule has 0 aromatic heterocycles. The van der Waals surface area contributed by atoms with Crippen LogP contribution < -0.4 is 13.7 Å². The molecule has 28 heavy (non-hydrogen) atoms. The third kappa shape index (κ3) is 4.28. The fraction of sp³-hybridized carbons (Fsp3) is 0.125. The molecule has 150 valence electrons. The smallest absolute Gasteiger partial charge is 0.330 e. The fourth-order valence-corrected chi connectivity index (χ4v) is 4.35. The molecule has 0 saturated carbocycles. The van der Waals surface area contributed by atoms with E-state index in [0.29, 0.717) is 15.4 Å². The summed E-state index contributed by atoms with van der Waals surface area (Å²) in [4.78, 5) is 0. The summed E-state index contributed by atoms with van der Waals surface area (Å²) in [6.07, 6.45) is 1.93. The summed E-state index contributed by atoms with van der Waals surface area (Å²) in [5, 5.41) is 19.6. The molecular formula is C16H16FN3O6S2. The summed E-state index contributed by atoms with van der Waals surface area (Å²) in [6.45, 7) is 0. The Labute approximate surface area is 161 Å². The molecule has 0 bridgehead atoms. The van der Waals surface area contributed by atoms with Gasteiger partial charge in [-0.05, 0) is 47.9 Å². The van der Waals surface area contributed by atoms with Gasteiger partial charge in [0.2, 0.25) is 15.9 Å². The highest BCUT2D eigenvalue weighted by Crippen LogP contribution is 2.33. The van der Waals surface area contributed by atoms with E-state index in [1.807, 2.05) is 4.72 Å². The zero-order chi connectivity index (χ0) is 20.7. The van der Waals surface area contributed by atoms with E-state index in [1.54, 1.807) is 0 Å². The summed E-state index contributed by atoms with van der Waals surface area (Å²) >= 11 is 0. The number of aliphatic hydroxyl groups is 1. The molecule has 0 aliphatic carbocycles. The van der Waals surface area contributed by atoms with E-state index in [4.69, 9.17) is 0 Å². The molecule has 0 saturated heterocycles. The van der Waals surface area contributed by atoms with Gasteiger partial charge < -0.3 is 10.2 Å².